The summed E-state index contributed by atoms with van der Waals surface area (Å²) in [5.74, 6) is -2.91. The predicted molar refractivity (Wildman–Crippen MR) is 96.8 cm³/mol. The van der Waals surface area contributed by atoms with E-state index in [1.54, 1.807) is 30.3 Å². The molecule has 0 unspecified atom stereocenters. The molecule has 0 atom stereocenters. The first-order chi connectivity index (χ1) is 13.5. The van der Waals surface area contributed by atoms with Crippen LogP contribution in [0.1, 0.15) is 22.3 Å². The van der Waals surface area contributed by atoms with E-state index in [1.165, 1.54) is 18.2 Å². The highest BCUT2D eigenvalue weighted by molar-refractivity contribution is 6.09. The maximum atomic E-state index is 13.5. The number of ether oxygens (including phenoxy) is 1. The van der Waals surface area contributed by atoms with Gasteiger partial charge in [0.15, 0.2) is 6.61 Å². The molecule has 3 rings (SSSR count). The number of anilines is 1. The summed E-state index contributed by atoms with van der Waals surface area (Å²) in [6.45, 7) is -0.738. The number of benzene rings is 2. The summed E-state index contributed by atoms with van der Waals surface area (Å²) in [4.78, 5) is 49.1. The Balaban J connectivity index is 1.48. The van der Waals surface area contributed by atoms with Crippen molar-refractivity contribution in [1.82, 2.24) is 4.90 Å². The Morgan fingerprint density at radius 2 is 1.79 bits per heavy atom. The molecular formula is C20H17FN2O5. The number of fused-ring (bicyclic) bond motifs is 1. The van der Waals surface area contributed by atoms with Gasteiger partial charge in [0.1, 0.15) is 5.82 Å². The Morgan fingerprint density at radius 3 is 2.57 bits per heavy atom. The largest absolute Gasteiger partial charge is 0.456 e. The highest BCUT2D eigenvalue weighted by Gasteiger charge is 2.30. The lowest BCUT2D eigenvalue weighted by molar-refractivity contribution is -0.147. The molecule has 1 heterocycles. The van der Waals surface area contributed by atoms with Gasteiger partial charge in [-0.2, -0.15) is 0 Å². The summed E-state index contributed by atoms with van der Waals surface area (Å²) in [6, 6.07) is 12.4. The van der Waals surface area contributed by atoms with E-state index in [2.05, 4.69) is 5.32 Å². The SMILES string of the molecule is O=C(COC(=O)CCN1C(=O)Cc2ccccc2C1=O)Nc1ccccc1F. The first-order valence-corrected chi connectivity index (χ1v) is 8.58. The van der Waals surface area contributed by atoms with Crippen molar-refractivity contribution in [2.45, 2.75) is 12.8 Å². The summed E-state index contributed by atoms with van der Waals surface area (Å²) in [5.41, 5.74) is 1.06. The number of amides is 3. The van der Waals surface area contributed by atoms with Gasteiger partial charge in [-0.15, -0.1) is 0 Å². The number of halogens is 1. The van der Waals surface area contributed by atoms with Crippen LogP contribution in [0.5, 0.6) is 0 Å². The molecule has 0 saturated heterocycles. The van der Waals surface area contributed by atoms with Crippen molar-refractivity contribution in [1.29, 1.82) is 0 Å². The number of esters is 1. The summed E-state index contributed by atoms with van der Waals surface area (Å²) in [5, 5.41) is 2.29. The average molecular weight is 384 g/mol. The molecule has 2 aromatic rings. The van der Waals surface area contributed by atoms with Crippen LogP contribution >= 0.6 is 0 Å². The zero-order valence-corrected chi connectivity index (χ0v) is 14.8. The van der Waals surface area contributed by atoms with Crippen LogP contribution in [0.25, 0.3) is 0 Å². The number of carbonyl (C=O) groups is 4. The number of rotatable bonds is 6. The molecule has 7 nitrogen and oxygen atoms in total. The van der Waals surface area contributed by atoms with Crippen molar-refractivity contribution in [2.75, 3.05) is 18.5 Å². The minimum Gasteiger partial charge on any atom is -0.456 e. The van der Waals surface area contributed by atoms with Gasteiger partial charge in [-0.25, -0.2) is 4.39 Å². The maximum Gasteiger partial charge on any atom is 0.308 e. The lowest BCUT2D eigenvalue weighted by Gasteiger charge is -2.26. The Hall–Kier alpha value is -3.55. The summed E-state index contributed by atoms with van der Waals surface area (Å²) in [7, 11) is 0. The van der Waals surface area contributed by atoms with Crippen LogP contribution in [0.4, 0.5) is 10.1 Å². The van der Waals surface area contributed by atoms with Crippen LogP contribution < -0.4 is 5.32 Å². The van der Waals surface area contributed by atoms with E-state index in [0.29, 0.717) is 11.1 Å². The smallest absolute Gasteiger partial charge is 0.308 e. The Bertz CT molecular complexity index is 944. The molecule has 0 bridgehead atoms. The molecular weight excluding hydrogens is 367 g/mol. The van der Waals surface area contributed by atoms with E-state index < -0.39 is 36.1 Å². The predicted octanol–water partition coefficient (Wildman–Crippen LogP) is 1.92. The van der Waals surface area contributed by atoms with Gasteiger partial charge in [0, 0.05) is 12.1 Å². The van der Waals surface area contributed by atoms with E-state index >= 15 is 0 Å². The van der Waals surface area contributed by atoms with Gasteiger partial charge < -0.3 is 10.1 Å². The molecule has 1 N–H and O–H groups in total. The second kappa shape index (κ2) is 8.43. The van der Waals surface area contributed by atoms with E-state index in [1.807, 2.05) is 0 Å². The van der Waals surface area contributed by atoms with Crippen LogP contribution in [0.2, 0.25) is 0 Å². The number of carbonyl (C=O) groups excluding carboxylic acids is 4. The van der Waals surface area contributed by atoms with Crippen molar-refractivity contribution in [3.8, 4) is 0 Å². The molecule has 2 aromatic carbocycles. The van der Waals surface area contributed by atoms with Gasteiger partial charge in [0.05, 0.1) is 18.5 Å². The summed E-state index contributed by atoms with van der Waals surface area (Å²) >= 11 is 0. The molecule has 0 spiro atoms. The molecule has 0 radical (unpaired) electrons. The van der Waals surface area contributed by atoms with Gasteiger partial charge in [0.2, 0.25) is 5.91 Å². The van der Waals surface area contributed by atoms with Crippen LogP contribution in [0.15, 0.2) is 48.5 Å². The molecule has 0 saturated carbocycles. The van der Waals surface area contributed by atoms with E-state index in [9.17, 15) is 23.6 Å². The molecule has 0 aromatic heterocycles. The third-order valence-electron chi connectivity index (χ3n) is 4.19. The number of nitrogens with zero attached hydrogens (tertiary/aromatic N) is 1. The number of para-hydroxylation sites is 1. The van der Waals surface area contributed by atoms with Crippen LogP contribution in [-0.4, -0.2) is 41.7 Å². The first-order valence-electron chi connectivity index (χ1n) is 8.58. The Morgan fingerprint density at radius 1 is 1.07 bits per heavy atom. The van der Waals surface area contributed by atoms with Gasteiger partial charge in [-0.3, -0.25) is 24.1 Å². The lowest BCUT2D eigenvalue weighted by Crippen LogP contribution is -2.43. The van der Waals surface area contributed by atoms with Gasteiger partial charge >= 0.3 is 5.97 Å². The standard InChI is InChI=1S/C20H17FN2O5/c21-15-7-3-4-8-16(15)22-17(24)12-28-19(26)9-10-23-18(25)11-13-5-1-2-6-14(13)20(23)27/h1-8H,9-12H2,(H,22,24). The number of nitrogens with one attached hydrogen (secondary N) is 1. The van der Waals surface area contributed by atoms with Crippen molar-refractivity contribution >= 4 is 29.4 Å². The van der Waals surface area contributed by atoms with Crippen LogP contribution in [-0.2, 0) is 25.5 Å². The first kappa shape index (κ1) is 19.2. The van der Waals surface area contributed by atoms with Crippen LogP contribution in [0, 0.1) is 5.82 Å². The van der Waals surface area contributed by atoms with Crippen LogP contribution in [0.3, 0.4) is 0 Å². The molecule has 8 heteroatoms. The molecule has 0 aliphatic carbocycles. The fourth-order valence-corrected chi connectivity index (χ4v) is 2.80. The molecule has 3 amide bonds. The number of imide groups is 1. The molecule has 0 fully saturated rings. The Kier molecular flexibility index (Phi) is 5.78. The topological polar surface area (TPSA) is 92.8 Å². The highest BCUT2D eigenvalue weighted by atomic mass is 19.1. The number of hydrogen-bond acceptors (Lipinski definition) is 5. The minimum atomic E-state index is -0.747. The van der Waals surface area contributed by atoms with E-state index in [4.69, 9.17) is 4.74 Å². The van der Waals surface area contributed by atoms with E-state index in [0.717, 1.165) is 4.90 Å². The fourth-order valence-electron chi connectivity index (χ4n) is 2.80. The average Bonchev–Trinajstić information content (AvgIpc) is 2.68. The van der Waals surface area contributed by atoms with Gasteiger partial charge in [-0.05, 0) is 23.8 Å². The van der Waals surface area contributed by atoms with Crippen molar-refractivity contribution < 1.29 is 28.3 Å². The third kappa shape index (κ3) is 4.40. The molecule has 28 heavy (non-hydrogen) atoms. The van der Waals surface area contributed by atoms with Crippen molar-refractivity contribution in [3.63, 3.8) is 0 Å². The highest BCUT2D eigenvalue weighted by Crippen LogP contribution is 2.19. The zero-order valence-electron chi connectivity index (χ0n) is 14.8. The Labute approximate surface area is 160 Å². The lowest BCUT2D eigenvalue weighted by atomic mass is 9.98. The normalized spacial score (nSPS) is 13.1. The second-order valence-corrected chi connectivity index (χ2v) is 6.12. The molecule has 1 aliphatic heterocycles. The quantitative estimate of drug-likeness (QED) is 0.607. The van der Waals surface area contributed by atoms with Gasteiger partial charge in [0.25, 0.3) is 11.8 Å². The zero-order chi connectivity index (χ0) is 20.1. The van der Waals surface area contributed by atoms with Gasteiger partial charge in [-0.1, -0.05) is 30.3 Å². The van der Waals surface area contributed by atoms with Crippen molar-refractivity contribution in [2.24, 2.45) is 0 Å². The molecule has 1 aliphatic rings. The maximum absolute atomic E-state index is 13.5. The summed E-state index contributed by atoms with van der Waals surface area (Å²) in [6.07, 6.45) is -0.158. The number of hydrogen-bond donors (Lipinski definition) is 1. The van der Waals surface area contributed by atoms with E-state index in [-0.39, 0.29) is 25.1 Å². The monoisotopic (exact) mass is 384 g/mol. The molecule has 144 valence electrons. The fraction of sp³-hybridized carbons (Fsp3) is 0.200. The second-order valence-electron chi connectivity index (χ2n) is 6.12. The minimum absolute atomic E-state index is 0.0216. The third-order valence-corrected chi connectivity index (χ3v) is 4.19. The summed E-state index contributed by atoms with van der Waals surface area (Å²) < 4.78 is 18.3. The van der Waals surface area contributed by atoms with Crippen molar-refractivity contribution in [3.05, 3.63) is 65.5 Å².